The zero-order valence-corrected chi connectivity index (χ0v) is 13.0. The second-order valence-corrected chi connectivity index (χ2v) is 5.24. The molecule has 0 aliphatic carbocycles. The lowest BCUT2D eigenvalue weighted by Crippen LogP contribution is -2.24. The summed E-state index contributed by atoms with van der Waals surface area (Å²) in [7, 11) is 1.63. The fourth-order valence-electron chi connectivity index (χ4n) is 2.44. The van der Waals surface area contributed by atoms with Crippen LogP contribution in [-0.2, 0) is 13.2 Å². The molecule has 9 heteroatoms. The predicted molar refractivity (Wildman–Crippen MR) is 86.4 cm³/mol. The Morgan fingerprint density at radius 1 is 1.36 bits per heavy atom. The van der Waals surface area contributed by atoms with Crippen molar-refractivity contribution >= 4 is 16.7 Å². The van der Waals surface area contributed by atoms with E-state index in [0.29, 0.717) is 11.1 Å². The van der Waals surface area contributed by atoms with Gasteiger partial charge in [-0.3, -0.25) is 9.25 Å². The van der Waals surface area contributed by atoms with Gasteiger partial charge in [-0.2, -0.15) is 23.3 Å². The number of aryl methyl sites for hydroxylation is 1. The number of rotatable bonds is 3. The van der Waals surface area contributed by atoms with E-state index >= 15 is 0 Å². The van der Waals surface area contributed by atoms with Crippen LogP contribution in [0.5, 0.6) is 0 Å². The minimum Gasteiger partial charge on any atom is -0.358 e. The van der Waals surface area contributed by atoms with Gasteiger partial charge < -0.3 is 5.32 Å². The Bertz CT molecular complexity index is 1040. The van der Waals surface area contributed by atoms with Gasteiger partial charge in [0.25, 0.3) is 0 Å². The summed E-state index contributed by atoms with van der Waals surface area (Å²) < 4.78 is 41.8. The highest BCUT2D eigenvalue weighted by Crippen LogP contribution is 2.32. The zero-order chi connectivity index (χ0) is 18.2. The van der Waals surface area contributed by atoms with E-state index in [-0.39, 0.29) is 17.9 Å². The number of hydrogen-bond acceptors (Lipinski definition) is 4. The first kappa shape index (κ1) is 16.6. The molecule has 0 bridgehead atoms. The van der Waals surface area contributed by atoms with E-state index < -0.39 is 17.4 Å². The molecule has 3 aromatic rings. The molecule has 0 aliphatic rings. The van der Waals surface area contributed by atoms with Gasteiger partial charge in [0, 0.05) is 18.6 Å². The SMILES string of the molecule is C#CCNc1nc(=O)n(-c2cnn(C)c2)c2cc(C(F)(F)F)ccc12. The molecule has 0 spiro atoms. The van der Waals surface area contributed by atoms with Crippen LogP contribution >= 0.6 is 0 Å². The van der Waals surface area contributed by atoms with Crippen LogP contribution in [0.1, 0.15) is 5.56 Å². The van der Waals surface area contributed by atoms with Crippen molar-refractivity contribution in [1.82, 2.24) is 19.3 Å². The molecule has 0 atom stereocenters. The van der Waals surface area contributed by atoms with Crippen LogP contribution in [0.3, 0.4) is 0 Å². The van der Waals surface area contributed by atoms with Crippen LogP contribution in [0.25, 0.3) is 16.6 Å². The minimum absolute atomic E-state index is 0.0577. The highest BCUT2D eigenvalue weighted by atomic mass is 19.4. The normalized spacial score (nSPS) is 11.5. The maximum Gasteiger partial charge on any atom is 0.416 e. The topological polar surface area (TPSA) is 64.7 Å². The molecule has 0 saturated heterocycles. The molecule has 0 saturated carbocycles. The van der Waals surface area contributed by atoms with Crippen molar-refractivity contribution in [3.05, 3.63) is 46.6 Å². The van der Waals surface area contributed by atoms with E-state index in [0.717, 1.165) is 16.7 Å². The monoisotopic (exact) mass is 347 g/mol. The zero-order valence-electron chi connectivity index (χ0n) is 13.0. The quantitative estimate of drug-likeness (QED) is 0.738. The first-order valence-corrected chi connectivity index (χ1v) is 7.11. The van der Waals surface area contributed by atoms with E-state index in [4.69, 9.17) is 6.42 Å². The number of anilines is 1. The summed E-state index contributed by atoms with van der Waals surface area (Å²) in [6.45, 7) is 0.0828. The smallest absolute Gasteiger partial charge is 0.358 e. The molecule has 1 N–H and O–H groups in total. The molecule has 3 rings (SSSR count). The summed E-state index contributed by atoms with van der Waals surface area (Å²) >= 11 is 0. The lowest BCUT2D eigenvalue weighted by molar-refractivity contribution is -0.137. The average Bonchev–Trinajstić information content (AvgIpc) is 2.97. The molecule has 6 nitrogen and oxygen atoms in total. The average molecular weight is 347 g/mol. The molecule has 25 heavy (non-hydrogen) atoms. The summed E-state index contributed by atoms with van der Waals surface area (Å²) in [5, 5.41) is 7.05. The van der Waals surface area contributed by atoms with Crippen LogP contribution in [-0.4, -0.2) is 25.9 Å². The number of alkyl halides is 3. The lowest BCUT2D eigenvalue weighted by Gasteiger charge is -2.14. The van der Waals surface area contributed by atoms with Crippen molar-refractivity contribution in [2.24, 2.45) is 7.05 Å². The number of nitrogens with zero attached hydrogens (tertiary/aromatic N) is 4. The molecule has 0 radical (unpaired) electrons. The van der Waals surface area contributed by atoms with Gasteiger partial charge in [-0.05, 0) is 18.2 Å². The molecule has 0 amide bonds. The first-order valence-electron chi connectivity index (χ1n) is 7.11. The van der Waals surface area contributed by atoms with Crippen molar-refractivity contribution < 1.29 is 13.2 Å². The number of aromatic nitrogens is 4. The number of hydrogen-bond donors (Lipinski definition) is 1. The Balaban J connectivity index is 2.36. The van der Waals surface area contributed by atoms with Crippen molar-refractivity contribution in [2.75, 3.05) is 11.9 Å². The van der Waals surface area contributed by atoms with Crippen LogP contribution in [0.15, 0.2) is 35.4 Å². The van der Waals surface area contributed by atoms with Crippen LogP contribution < -0.4 is 11.0 Å². The van der Waals surface area contributed by atoms with Gasteiger partial charge in [0.15, 0.2) is 0 Å². The standard InChI is InChI=1S/C16H12F3N5O/c1-3-6-20-14-12-5-4-10(16(17,18)19)7-13(12)24(15(25)22-14)11-8-21-23(2)9-11/h1,4-5,7-9H,6H2,2H3,(H,20,22,25). The van der Waals surface area contributed by atoms with Gasteiger partial charge in [-0.15, -0.1) is 6.42 Å². The summed E-state index contributed by atoms with van der Waals surface area (Å²) in [6.07, 6.45) is 3.52. The highest BCUT2D eigenvalue weighted by Gasteiger charge is 2.31. The fourth-order valence-corrected chi connectivity index (χ4v) is 2.44. The number of fused-ring (bicyclic) bond motifs is 1. The van der Waals surface area contributed by atoms with E-state index in [1.54, 1.807) is 7.05 Å². The number of benzene rings is 1. The Morgan fingerprint density at radius 2 is 2.12 bits per heavy atom. The van der Waals surface area contributed by atoms with Crippen LogP contribution in [0, 0.1) is 12.3 Å². The van der Waals surface area contributed by atoms with Gasteiger partial charge >= 0.3 is 11.9 Å². The first-order chi connectivity index (χ1) is 11.8. The van der Waals surface area contributed by atoms with Crippen molar-refractivity contribution in [1.29, 1.82) is 0 Å². The third-order valence-electron chi connectivity index (χ3n) is 3.53. The minimum atomic E-state index is -4.54. The van der Waals surface area contributed by atoms with Crippen LogP contribution in [0.4, 0.5) is 19.0 Å². The van der Waals surface area contributed by atoms with Crippen molar-refractivity contribution in [3.63, 3.8) is 0 Å². The molecule has 0 unspecified atom stereocenters. The Kier molecular flexibility index (Phi) is 3.96. The van der Waals surface area contributed by atoms with E-state index in [1.165, 1.54) is 23.1 Å². The summed E-state index contributed by atoms with van der Waals surface area (Å²) in [5.41, 5.74) is -1.24. The third-order valence-corrected chi connectivity index (χ3v) is 3.53. The van der Waals surface area contributed by atoms with Crippen molar-refractivity contribution in [2.45, 2.75) is 6.18 Å². The third kappa shape index (κ3) is 3.06. The Hall–Kier alpha value is -3.28. The van der Waals surface area contributed by atoms with Crippen LogP contribution in [0.2, 0.25) is 0 Å². The highest BCUT2D eigenvalue weighted by molar-refractivity contribution is 5.90. The van der Waals surface area contributed by atoms with Gasteiger partial charge in [0.2, 0.25) is 0 Å². The summed E-state index contributed by atoms with van der Waals surface area (Å²) in [6, 6.07) is 3.10. The summed E-state index contributed by atoms with van der Waals surface area (Å²) in [4.78, 5) is 16.3. The molecule has 128 valence electrons. The second-order valence-electron chi connectivity index (χ2n) is 5.24. The van der Waals surface area contributed by atoms with Gasteiger partial charge in [-0.1, -0.05) is 5.92 Å². The Morgan fingerprint density at radius 3 is 2.72 bits per heavy atom. The second kappa shape index (κ2) is 5.98. The molecule has 2 heterocycles. The molecule has 1 aromatic carbocycles. The largest absolute Gasteiger partial charge is 0.416 e. The molecule has 2 aromatic heterocycles. The van der Waals surface area contributed by atoms with Gasteiger partial charge in [0.1, 0.15) is 5.82 Å². The van der Waals surface area contributed by atoms with E-state index in [9.17, 15) is 18.0 Å². The molecule has 0 fully saturated rings. The van der Waals surface area contributed by atoms with E-state index in [1.807, 2.05) is 0 Å². The summed E-state index contributed by atoms with van der Waals surface area (Å²) in [5.74, 6) is 2.46. The van der Waals surface area contributed by atoms with E-state index in [2.05, 4.69) is 21.3 Å². The molecule has 0 aliphatic heterocycles. The fraction of sp³-hybridized carbons (Fsp3) is 0.188. The number of terminal acetylenes is 1. The van der Waals surface area contributed by atoms with Crippen molar-refractivity contribution in [3.8, 4) is 18.0 Å². The maximum absolute atomic E-state index is 13.1. The lowest BCUT2D eigenvalue weighted by atomic mass is 10.1. The molecular formula is C16H12F3N5O. The maximum atomic E-state index is 13.1. The predicted octanol–water partition coefficient (Wildman–Crippen LogP) is 2.18. The van der Waals surface area contributed by atoms with Gasteiger partial charge in [0.05, 0.1) is 29.5 Å². The number of nitrogens with one attached hydrogen (secondary N) is 1. The van der Waals surface area contributed by atoms with Gasteiger partial charge in [-0.25, -0.2) is 4.79 Å². The number of halogens is 3. The Labute approximate surface area is 139 Å². The molecular weight excluding hydrogens is 335 g/mol.